The van der Waals surface area contributed by atoms with E-state index in [2.05, 4.69) is 10.6 Å². The highest BCUT2D eigenvalue weighted by molar-refractivity contribution is 5.97. The molecule has 0 saturated carbocycles. The van der Waals surface area contributed by atoms with E-state index in [1.807, 2.05) is 36.4 Å². The van der Waals surface area contributed by atoms with E-state index in [1.54, 1.807) is 42.5 Å². The second kappa shape index (κ2) is 9.46. The van der Waals surface area contributed by atoms with Crippen molar-refractivity contribution in [1.82, 2.24) is 10.6 Å². The second-order valence-electron chi connectivity index (χ2n) is 6.39. The van der Waals surface area contributed by atoms with E-state index in [4.69, 9.17) is 0 Å². The Balaban J connectivity index is 1.72. The van der Waals surface area contributed by atoms with E-state index in [9.17, 15) is 14.0 Å². The number of nitrogens with one attached hydrogen (secondary N) is 2. The molecule has 0 fully saturated rings. The summed E-state index contributed by atoms with van der Waals surface area (Å²) in [6.45, 7) is 0.0536. The predicted molar refractivity (Wildman–Crippen MR) is 106 cm³/mol. The van der Waals surface area contributed by atoms with Crippen LogP contribution in [0.1, 0.15) is 21.5 Å². The normalized spacial score (nSPS) is 11.5. The molecule has 0 heterocycles. The minimum absolute atomic E-state index is 0.0536. The highest BCUT2D eigenvalue weighted by Gasteiger charge is 2.22. The summed E-state index contributed by atoms with van der Waals surface area (Å²) in [5, 5.41) is 5.51. The van der Waals surface area contributed by atoms with Crippen LogP contribution in [0.5, 0.6) is 0 Å². The van der Waals surface area contributed by atoms with Crippen LogP contribution in [0, 0.1) is 5.82 Å². The molecular weight excluding hydrogens is 355 g/mol. The molecule has 3 rings (SSSR count). The summed E-state index contributed by atoms with van der Waals surface area (Å²) in [6, 6.07) is 23.6. The molecular formula is C23H21FN2O2. The smallest absolute Gasteiger partial charge is 0.251 e. The van der Waals surface area contributed by atoms with E-state index in [0.717, 1.165) is 5.56 Å². The summed E-state index contributed by atoms with van der Waals surface area (Å²) >= 11 is 0. The molecule has 3 aromatic carbocycles. The number of carbonyl (C=O) groups excluding carboxylic acids is 2. The zero-order chi connectivity index (χ0) is 19.8. The van der Waals surface area contributed by atoms with Gasteiger partial charge in [0.05, 0.1) is 0 Å². The lowest BCUT2D eigenvalue weighted by atomic mass is 10.0. The molecule has 0 radical (unpaired) electrons. The number of carbonyl (C=O) groups is 2. The molecule has 3 aromatic rings. The van der Waals surface area contributed by atoms with Gasteiger partial charge in [-0.2, -0.15) is 0 Å². The maximum atomic E-state index is 13.8. The van der Waals surface area contributed by atoms with Crippen LogP contribution in [0.25, 0.3) is 0 Å². The van der Waals surface area contributed by atoms with Crippen LogP contribution in [0.15, 0.2) is 84.9 Å². The standard InChI is InChI=1S/C23H21FN2O2/c24-20-14-8-7-13-19(20)16-25-23(28)21(15-17-9-3-1-4-10-17)26-22(27)18-11-5-2-6-12-18/h1-14,21H,15-16H2,(H,25,28)(H,26,27)/t21-/m0/s1. The fraction of sp³-hybridized carbons (Fsp3) is 0.130. The molecule has 0 unspecified atom stereocenters. The van der Waals surface area contributed by atoms with Gasteiger partial charge in [-0.3, -0.25) is 9.59 Å². The lowest BCUT2D eigenvalue weighted by molar-refractivity contribution is -0.123. The average Bonchev–Trinajstić information content (AvgIpc) is 2.74. The quantitative estimate of drug-likeness (QED) is 0.663. The van der Waals surface area contributed by atoms with Crippen LogP contribution in [-0.2, 0) is 17.8 Å². The largest absolute Gasteiger partial charge is 0.350 e. The highest BCUT2D eigenvalue weighted by atomic mass is 19.1. The Morgan fingerprint density at radius 2 is 1.43 bits per heavy atom. The summed E-state index contributed by atoms with van der Waals surface area (Å²) in [7, 11) is 0. The maximum absolute atomic E-state index is 13.8. The Morgan fingerprint density at radius 3 is 2.11 bits per heavy atom. The third-order valence-corrected chi connectivity index (χ3v) is 4.35. The summed E-state index contributed by atoms with van der Waals surface area (Å²) in [5.41, 5.74) is 1.79. The number of hydrogen-bond acceptors (Lipinski definition) is 2. The van der Waals surface area contributed by atoms with Gasteiger partial charge in [0.25, 0.3) is 5.91 Å². The number of rotatable bonds is 7. The number of halogens is 1. The van der Waals surface area contributed by atoms with Gasteiger partial charge in [0, 0.05) is 24.1 Å². The molecule has 0 saturated heterocycles. The maximum Gasteiger partial charge on any atom is 0.251 e. The highest BCUT2D eigenvalue weighted by Crippen LogP contribution is 2.08. The molecule has 142 valence electrons. The first-order valence-electron chi connectivity index (χ1n) is 9.04. The van der Waals surface area contributed by atoms with Crippen LogP contribution in [0.4, 0.5) is 4.39 Å². The van der Waals surface area contributed by atoms with Gasteiger partial charge in [0.1, 0.15) is 11.9 Å². The SMILES string of the molecule is O=C(N[C@@H](Cc1ccccc1)C(=O)NCc1ccccc1F)c1ccccc1. The first-order valence-corrected chi connectivity index (χ1v) is 9.04. The van der Waals surface area contributed by atoms with Crippen molar-refractivity contribution in [3.63, 3.8) is 0 Å². The van der Waals surface area contributed by atoms with Crippen molar-refractivity contribution in [1.29, 1.82) is 0 Å². The predicted octanol–water partition coefficient (Wildman–Crippen LogP) is 3.48. The number of amides is 2. The molecule has 2 amide bonds. The molecule has 5 heteroatoms. The molecule has 0 aliphatic rings. The molecule has 0 bridgehead atoms. The molecule has 1 atom stereocenters. The van der Waals surface area contributed by atoms with E-state index >= 15 is 0 Å². The first kappa shape index (κ1) is 19.3. The topological polar surface area (TPSA) is 58.2 Å². The van der Waals surface area contributed by atoms with Gasteiger partial charge in [-0.05, 0) is 23.8 Å². The third-order valence-electron chi connectivity index (χ3n) is 4.35. The van der Waals surface area contributed by atoms with Gasteiger partial charge in [-0.1, -0.05) is 66.7 Å². The van der Waals surface area contributed by atoms with Crippen molar-refractivity contribution in [2.24, 2.45) is 0 Å². The van der Waals surface area contributed by atoms with E-state index < -0.39 is 6.04 Å². The minimum Gasteiger partial charge on any atom is -0.350 e. The van der Waals surface area contributed by atoms with Crippen LogP contribution in [0.2, 0.25) is 0 Å². The van der Waals surface area contributed by atoms with E-state index in [1.165, 1.54) is 6.07 Å². The fourth-order valence-electron chi connectivity index (χ4n) is 2.84. The first-order chi connectivity index (χ1) is 13.6. The molecule has 2 N–H and O–H groups in total. The second-order valence-corrected chi connectivity index (χ2v) is 6.39. The third kappa shape index (κ3) is 5.27. The molecule has 4 nitrogen and oxygen atoms in total. The van der Waals surface area contributed by atoms with Gasteiger partial charge in [-0.15, -0.1) is 0 Å². The van der Waals surface area contributed by atoms with Crippen LogP contribution in [-0.4, -0.2) is 17.9 Å². The minimum atomic E-state index is -0.776. The Bertz CT molecular complexity index is 930. The van der Waals surface area contributed by atoms with Gasteiger partial charge in [-0.25, -0.2) is 4.39 Å². The van der Waals surface area contributed by atoms with Crippen molar-refractivity contribution in [2.75, 3.05) is 0 Å². The summed E-state index contributed by atoms with van der Waals surface area (Å²) in [5.74, 6) is -1.07. The van der Waals surface area contributed by atoms with Gasteiger partial charge in [0.2, 0.25) is 5.91 Å². The van der Waals surface area contributed by atoms with Crippen LogP contribution in [0.3, 0.4) is 0 Å². The molecule has 0 aliphatic carbocycles. The number of hydrogen-bond donors (Lipinski definition) is 2. The fourth-order valence-corrected chi connectivity index (χ4v) is 2.84. The monoisotopic (exact) mass is 376 g/mol. The van der Waals surface area contributed by atoms with E-state index in [-0.39, 0.29) is 24.2 Å². The van der Waals surface area contributed by atoms with Gasteiger partial charge < -0.3 is 10.6 Å². The van der Waals surface area contributed by atoms with Crippen molar-refractivity contribution in [2.45, 2.75) is 19.0 Å². The van der Waals surface area contributed by atoms with Crippen molar-refractivity contribution in [3.8, 4) is 0 Å². The van der Waals surface area contributed by atoms with Gasteiger partial charge >= 0.3 is 0 Å². The van der Waals surface area contributed by atoms with Crippen LogP contribution >= 0.6 is 0 Å². The average molecular weight is 376 g/mol. The summed E-state index contributed by atoms with van der Waals surface area (Å²) < 4.78 is 13.8. The van der Waals surface area contributed by atoms with Crippen LogP contribution < -0.4 is 10.6 Å². The molecule has 28 heavy (non-hydrogen) atoms. The number of benzene rings is 3. The lowest BCUT2D eigenvalue weighted by Gasteiger charge is -2.19. The Kier molecular flexibility index (Phi) is 6.52. The van der Waals surface area contributed by atoms with Crippen molar-refractivity contribution < 1.29 is 14.0 Å². The lowest BCUT2D eigenvalue weighted by Crippen LogP contribution is -2.47. The Morgan fingerprint density at radius 1 is 0.821 bits per heavy atom. The molecule has 0 spiro atoms. The van der Waals surface area contributed by atoms with Crippen molar-refractivity contribution >= 4 is 11.8 Å². The molecule has 0 aliphatic heterocycles. The Hall–Kier alpha value is -3.47. The van der Waals surface area contributed by atoms with Gasteiger partial charge in [0.15, 0.2) is 0 Å². The summed E-state index contributed by atoms with van der Waals surface area (Å²) in [4.78, 5) is 25.3. The Labute approximate surface area is 163 Å². The zero-order valence-corrected chi connectivity index (χ0v) is 15.3. The zero-order valence-electron chi connectivity index (χ0n) is 15.3. The van der Waals surface area contributed by atoms with E-state index in [0.29, 0.717) is 17.5 Å². The summed E-state index contributed by atoms with van der Waals surface area (Å²) in [6.07, 6.45) is 0.336. The molecule has 0 aromatic heterocycles. The van der Waals surface area contributed by atoms with Crippen molar-refractivity contribution in [3.05, 3.63) is 107 Å².